The highest BCUT2D eigenvalue weighted by atomic mass is 35.5. The van der Waals surface area contributed by atoms with Crippen molar-refractivity contribution in [1.82, 2.24) is 4.90 Å². The lowest BCUT2D eigenvalue weighted by molar-refractivity contribution is -0.120. The lowest BCUT2D eigenvalue weighted by Crippen LogP contribution is -2.41. The molecule has 1 unspecified atom stereocenters. The second-order valence-electron chi connectivity index (χ2n) is 2.37. The summed E-state index contributed by atoms with van der Waals surface area (Å²) in [7, 11) is 0. The first-order chi connectivity index (χ1) is 5.66. The van der Waals surface area contributed by atoms with Crippen LogP contribution in [0.1, 0.15) is 0 Å². The van der Waals surface area contributed by atoms with Gasteiger partial charge in [-0.2, -0.15) is 0 Å². The van der Waals surface area contributed by atoms with Crippen LogP contribution in [0.15, 0.2) is 0 Å². The van der Waals surface area contributed by atoms with E-state index in [1.54, 1.807) is 0 Å². The number of carboxylic acid groups (broad SMARTS) is 1. The zero-order valence-corrected chi connectivity index (χ0v) is 7.77. The molecule has 1 N–H and O–H groups in total. The second-order valence-corrected chi connectivity index (χ2v) is 3.64. The lowest BCUT2D eigenvalue weighted by atomic mass is 10.2. The molecule has 4 nitrogen and oxygen atoms in total. The Morgan fingerprint density at radius 2 is 2.33 bits per heavy atom. The quantitative estimate of drug-likeness (QED) is 0.685. The molecule has 0 spiro atoms. The molecule has 0 aromatic heterocycles. The first-order valence-corrected chi connectivity index (χ1v) is 5.01. The number of thioether (sulfide) groups is 1. The molecule has 1 aliphatic heterocycles. The average molecular weight is 210 g/mol. The Balaban J connectivity index is 2.63. The van der Waals surface area contributed by atoms with Crippen LogP contribution >= 0.6 is 23.4 Å². The summed E-state index contributed by atoms with van der Waals surface area (Å²) >= 11 is 6.75. The Morgan fingerprint density at radius 3 is 2.83 bits per heavy atom. The Kier molecular flexibility index (Phi) is 3.22. The smallest absolute Gasteiger partial charge is 0.408 e. The summed E-state index contributed by atoms with van der Waals surface area (Å²) < 4.78 is 0. The number of carbonyl (C=O) groups is 2. The molecule has 1 fully saturated rings. The van der Waals surface area contributed by atoms with Gasteiger partial charge in [-0.25, -0.2) is 4.79 Å². The minimum Gasteiger partial charge on any atom is -0.465 e. The van der Waals surface area contributed by atoms with Gasteiger partial charge in [0, 0.05) is 5.75 Å². The molecule has 68 valence electrons. The predicted octanol–water partition coefficient (Wildman–Crippen LogP) is 0.847. The molecule has 0 bridgehead atoms. The minimum atomic E-state index is -1.05. The van der Waals surface area contributed by atoms with Gasteiger partial charge < -0.3 is 5.11 Å². The number of ketones is 1. The second kappa shape index (κ2) is 4.00. The van der Waals surface area contributed by atoms with Crippen molar-refractivity contribution < 1.29 is 14.7 Å². The van der Waals surface area contributed by atoms with Crippen LogP contribution in [0.25, 0.3) is 0 Å². The molecule has 1 amide bonds. The van der Waals surface area contributed by atoms with Gasteiger partial charge in [-0.1, -0.05) is 0 Å². The van der Waals surface area contributed by atoms with E-state index in [1.807, 2.05) is 0 Å². The summed E-state index contributed by atoms with van der Waals surface area (Å²) in [4.78, 5) is 22.7. The van der Waals surface area contributed by atoms with Crippen molar-refractivity contribution in [3.8, 4) is 0 Å². The van der Waals surface area contributed by atoms with Crippen molar-refractivity contribution in [3.05, 3.63) is 0 Å². The Labute approximate surface area is 78.9 Å². The maximum absolute atomic E-state index is 11.1. The summed E-state index contributed by atoms with van der Waals surface area (Å²) in [5.74, 6) is 0.555. The SMILES string of the molecule is O=C(CCl)C1CSCN1C(=O)O. The van der Waals surface area contributed by atoms with Crippen LogP contribution in [-0.2, 0) is 4.79 Å². The van der Waals surface area contributed by atoms with Gasteiger partial charge in [0.15, 0.2) is 5.78 Å². The molecular formula is C6H8ClNO3S. The molecule has 1 aliphatic rings. The van der Waals surface area contributed by atoms with Crippen LogP contribution in [0.3, 0.4) is 0 Å². The van der Waals surface area contributed by atoms with Crippen LogP contribution in [-0.4, -0.2) is 45.4 Å². The van der Waals surface area contributed by atoms with Crippen molar-refractivity contribution >= 4 is 35.2 Å². The van der Waals surface area contributed by atoms with E-state index >= 15 is 0 Å². The van der Waals surface area contributed by atoms with Crippen LogP contribution in [0.2, 0.25) is 0 Å². The van der Waals surface area contributed by atoms with Crippen molar-refractivity contribution in [1.29, 1.82) is 0 Å². The highest BCUT2D eigenvalue weighted by Gasteiger charge is 2.33. The van der Waals surface area contributed by atoms with Gasteiger partial charge in [0.2, 0.25) is 0 Å². The average Bonchev–Trinajstić information content (AvgIpc) is 2.50. The molecule has 1 saturated heterocycles. The third-order valence-corrected chi connectivity index (χ3v) is 2.91. The third-order valence-electron chi connectivity index (χ3n) is 1.63. The number of amides is 1. The molecule has 12 heavy (non-hydrogen) atoms. The normalized spacial score (nSPS) is 22.8. The van der Waals surface area contributed by atoms with Gasteiger partial charge in [0.25, 0.3) is 0 Å². The summed E-state index contributed by atoms with van der Waals surface area (Å²) in [6.45, 7) is 0. The van der Waals surface area contributed by atoms with Gasteiger partial charge in [-0.3, -0.25) is 9.69 Å². The van der Waals surface area contributed by atoms with Gasteiger partial charge >= 0.3 is 6.09 Å². The van der Waals surface area contributed by atoms with Crippen LogP contribution < -0.4 is 0 Å². The number of alkyl halides is 1. The fourth-order valence-electron chi connectivity index (χ4n) is 0.987. The molecule has 1 rings (SSSR count). The van der Waals surface area contributed by atoms with Crippen molar-refractivity contribution in [2.45, 2.75) is 6.04 Å². The first kappa shape index (κ1) is 9.67. The molecule has 1 heterocycles. The van der Waals surface area contributed by atoms with E-state index in [4.69, 9.17) is 16.7 Å². The van der Waals surface area contributed by atoms with Crippen LogP contribution in [0.5, 0.6) is 0 Å². The summed E-state index contributed by atoms with van der Waals surface area (Å²) in [6.07, 6.45) is -1.05. The van der Waals surface area contributed by atoms with E-state index in [9.17, 15) is 9.59 Å². The largest absolute Gasteiger partial charge is 0.465 e. The summed E-state index contributed by atoms with van der Waals surface area (Å²) in [6, 6.07) is -0.537. The number of halogens is 1. The zero-order chi connectivity index (χ0) is 9.14. The minimum absolute atomic E-state index is 0.116. The topological polar surface area (TPSA) is 57.6 Å². The standard InChI is InChI=1S/C6H8ClNO3S/c7-1-5(9)4-2-12-3-8(4)6(10)11/h4H,1-3H2,(H,10,11). The van der Waals surface area contributed by atoms with Gasteiger partial charge in [0.05, 0.1) is 11.8 Å². The van der Waals surface area contributed by atoms with E-state index in [-0.39, 0.29) is 11.7 Å². The number of rotatable bonds is 2. The van der Waals surface area contributed by atoms with Gasteiger partial charge in [-0.15, -0.1) is 23.4 Å². The fourth-order valence-corrected chi connectivity index (χ4v) is 2.35. The van der Waals surface area contributed by atoms with Gasteiger partial charge in [0.1, 0.15) is 6.04 Å². The fraction of sp³-hybridized carbons (Fsp3) is 0.667. The Bertz CT molecular complexity index is 211. The maximum atomic E-state index is 11.1. The number of Topliss-reactive ketones (excluding diaryl/α,β-unsaturated/α-hetero) is 1. The number of hydrogen-bond acceptors (Lipinski definition) is 3. The monoisotopic (exact) mass is 209 g/mol. The lowest BCUT2D eigenvalue weighted by Gasteiger charge is -2.17. The molecule has 0 aromatic carbocycles. The van der Waals surface area contributed by atoms with Crippen molar-refractivity contribution in [2.75, 3.05) is 17.5 Å². The van der Waals surface area contributed by atoms with Gasteiger partial charge in [-0.05, 0) is 0 Å². The number of nitrogens with zero attached hydrogens (tertiary/aromatic N) is 1. The molecular weight excluding hydrogens is 202 g/mol. The molecule has 0 aliphatic carbocycles. The highest BCUT2D eigenvalue weighted by Crippen LogP contribution is 2.21. The predicted molar refractivity (Wildman–Crippen MR) is 46.7 cm³/mol. The van der Waals surface area contributed by atoms with Crippen LogP contribution in [0, 0.1) is 0 Å². The zero-order valence-electron chi connectivity index (χ0n) is 6.20. The summed E-state index contributed by atoms with van der Waals surface area (Å²) in [5, 5.41) is 8.65. The first-order valence-electron chi connectivity index (χ1n) is 3.32. The third kappa shape index (κ3) is 1.84. The van der Waals surface area contributed by atoms with E-state index in [0.717, 1.165) is 4.90 Å². The molecule has 6 heteroatoms. The molecule has 0 radical (unpaired) electrons. The van der Waals surface area contributed by atoms with E-state index in [0.29, 0.717) is 11.6 Å². The molecule has 1 atom stereocenters. The Hall–Kier alpha value is -0.420. The van der Waals surface area contributed by atoms with Crippen LogP contribution in [0.4, 0.5) is 4.79 Å². The van der Waals surface area contributed by atoms with E-state index in [1.165, 1.54) is 11.8 Å². The highest BCUT2D eigenvalue weighted by molar-refractivity contribution is 7.99. The molecule has 0 aromatic rings. The van der Waals surface area contributed by atoms with Crippen molar-refractivity contribution in [2.24, 2.45) is 0 Å². The summed E-state index contributed by atoms with van der Waals surface area (Å²) in [5.41, 5.74) is 0. The number of hydrogen-bond donors (Lipinski definition) is 1. The molecule has 0 saturated carbocycles. The van der Waals surface area contributed by atoms with E-state index in [2.05, 4.69) is 0 Å². The number of carbonyl (C=O) groups excluding carboxylic acids is 1. The maximum Gasteiger partial charge on any atom is 0.408 e. The van der Waals surface area contributed by atoms with E-state index < -0.39 is 12.1 Å². The van der Waals surface area contributed by atoms with Crippen molar-refractivity contribution in [3.63, 3.8) is 0 Å². The Morgan fingerprint density at radius 1 is 1.67 bits per heavy atom.